The number of carbonyl (C=O) groups excluding carboxylic acids is 1. The van der Waals surface area contributed by atoms with Crippen molar-refractivity contribution in [1.82, 2.24) is 0 Å². The maximum absolute atomic E-state index is 11.9. The van der Waals surface area contributed by atoms with Crippen molar-refractivity contribution in [3.05, 3.63) is 57.2 Å². The molecule has 0 amide bonds. The molecule has 0 aliphatic rings. The van der Waals surface area contributed by atoms with Crippen molar-refractivity contribution in [2.45, 2.75) is 26.2 Å². The number of hydrogen-bond donors (Lipinski definition) is 0. The Morgan fingerprint density at radius 3 is 2.48 bits per heavy atom. The first kappa shape index (κ1) is 16.7. The number of rotatable bonds is 3. The van der Waals surface area contributed by atoms with Gasteiger partial charge in [-0.3, -0.25) is 4.79 Å². The SMILES string of the molecule is CC(C)(C)c1cccc(-c2cc(C(=O)CBr)ccc2I)c1. The zero-order valence-electron chi connectivity index (χ0n) is 12.4. The van der Waals surface area contributed by atoms with E-state index in [1.165, 1.54) is 5.56 Å². The number of halogens is 2. The molecule has 3 heteroatoms. The van der Waals surface area contributed by atoms with E-state index in [9.17, 15) is 4.79 Å². The molecule has 0 heterocycles. The fourth-order valence-electron chi connectivity index (χ4n) is 2.15. The van der Waals surface area contributed by atoms with Gasteiger partial charge in [-0.25, -0.2) is 0 Å². The van der Waals surface area contributed by atoms with E-state index >= 15 is 0 Å². The molecule has 2 aromatic rings. The van der Waals surface area contributed by atoms with E-state index in [1.807, 2.05) is 18.2 Å². The summed E-state index contributed by atoms with van der Waals surface area (Å²) in [7, 11) is 0. The van der Waals surface area contributed by atoms with Crippen molar-refractivity contribution in [3.8, 4) is 11.1 Å². The fourth-order valence-corrected chi connectivity index (χ4v) is 3.12. The normalized spacial score (nSPS) is 11.5. The van der Waals surface area contributed by atoms with Gasteiger partial charge in [-0.05, 0) is 56.8 Å². The van der Waals surface area contributed by atoms with Gasteiger partial charge in [0.15, 0.2) is 5.78 Å². The Hall–Kier alpha value is -0.680. The number of Topliss-reactive ketones (excluding diaryl/α,β-unsaturated/α-hetero) is 1. The first-order valence-electron chi connectivity index (χ1n) is 6.82. The predicted molar refractivity (Wildman–Crippen MR) is 101 cm³/mol. The van der Waals surface area contributed by atoms with Crippen molar-refractivity contribution in [2.75, 3.05) is 5.33 Å². The summed E-state index contributed by atoms with van der Waals surface area (Å²) < 4.78 is 1.16. The second-order valence-electron chi connectivity index (χ2n) is 6.08. The molecule has 21 heavy (non-hydrogen) atoms. The zero-order valence-corrected chi connectivity index (χ0v) is 16.2. The molecule has 0 aliphatic heterocycles. The summed E-state index contributed by atoms with van der Waals surface area (Å²) in [6.07, 6.45) is 0. The summed E-state index contributed by atoms with van der Waals surface area (Å²) in [5.41, 5.74) is 4.45. The van der Waals surface area contributed by atoms with E-state index in [4.69, 9.17) is 0 Å². The molecule has 0 N–H and O–H groups in total. The Labute approximate surface area is 148 Å². The lowest BCUT2D eigenvalue weighted by Gasteiger charge is -2.20. The lowest BCUT2D eigenvalue weighted by molar-refractivity contribution is 0.102. The molecular formula is C18H18BrIO. The second-order valence-corrected chi connectivity index (χ2v) is 7.81. The fraction of sp³-hybridized carbons (Fsp3) is 0.278. The number of ketones is 1. The standard InChI is InChI=1S/C18H18BrIO/c1-18(2,3)14-6-4-5-12(9-14)15-10-13(17(21)11-19)7-8-16(15)20/h4-10H,11H2,1-3H3. The van der Waals surface area contributed by atoms with Crippen molar-refractivity contribution < 1.29 is 4.79 Å². The Balaban J connectivity index is 2.54. The van der Waals surface area contributed by atoms with Crippen LogP contribution in [0, 0.1) is 3.57 Å². The first-order chi connectivity index (χ1) is 9.82. The van der Waals surface area contributed by atoms with E-state index < -0.39 is 0 Å². The number of benzene rings is 2. The summed E-state index contributed by atoms with van der Waals surface area (Å²) in [6.45, 7) is 6.63. The van der Waals surface area contributed by atoms with Gasteiger partial charge in [-0.2, -0.15) is 0 Å². The quantitative estimate of drug-likeness (QED) is 0.322. The van der Waals surface area contributed by atoms with Crippen LogP contribution in [0.15, 0.2) is 42.5 Å². The summed E-state index contributed by atoms with van der Waals surface area (Å²) in [5, 5.41) is 0.356. The van der Waals surface area contributed by atoms with E-state index in [1.54, 1.807) is 0 Å². The maximum atomic E-state index is 11.9. The van der Waals surface area contributed by atoms with Gasteiger partial charge in [0, 0.05) is 9.13 Å². The topological polar surface area (TPSA) is 17.1 Å². The van der Waals surface area contributed by atoms with Crippen molar-refractivity contribution in [2.24, 2.45) is 0 Å². The van der Waals surface area contributed by atoms with Crippen LogP contribution in [0.2, 0.25) is 0 Å². The average Bonchev–Trinajstić information content (AvgIpc) is 2.46. The van der Waals surface area contributed by atoms with Crippen LogP contribution in [0.5, 0.6) is 0 Å². The molecule has 0 fully saturated rings. The van der Waals surface area contributed by atoms with Gasteiger partial charge in [-0.1, -0.05) is 67.0 Å². The summed E-state index contributed by atoms with van der Waals surface area (Å²) >= 11 is 5.56. The van der Waals surface area contributed by atoms with Gasteiger partial charge < -0.3 is 0 Å². The Kier molecular flexibility index (Phi) is 5.25. The highest BCUT2D eigenvalue weighted by molar-refractivity contribution is 14.1. The molecule has 2 aromatic carbocycles. The van der Waals surface area contributed by atoms with Crippen LogP contribution in [0.1, 0.15) is 36.7 Å². The molecule has 0 saturated carbocycles. The average molecular weight is 457 g/mol. The van der Waals surface area contributed by atoms with Crippen molar-refractivity contribution >= 4 is 44.3 Å². The van der Waals surface area contributed by atoms with Crippen LogP contribution in [-0.4, -0.2) is 11.1 Å². The summed E-state index contributed by atoms with van der Waals surface area (Å²) in [5.74, 6) is 0.111. The molecule has 0 unspecified atom stereocenters. The molecule has 2 rings (SSSR count). The lowest BCUT2D eigenvalue weighted by atomic mass is 9.85. The molecule has 110 valence electrons. The van der Waals surface area contributed by atoms with Gasteiger partial charge >= 0.3 is 0 Å². The molecule has 0 atom stereocenters. The highest BCUT2D eigenvalue weighted by Crippen LogP contribution is 2.31. The number of alkyl halides is 1. The highest BCUT2D eigenvalue weighted by Gasteiger charge is 2.15. The molecule has 0 saturated heterocycles. The van der Waals surface area contributed by atoms with E-state index in [2.05, 4.69) is 83.6 Å². The third-order valence-electron chi connectivity index (χ3n) is 3.45. The predicted octanol–water partition coefficient (Wildman–Crippen LogP) is 5.83. The van der Waals surface area contributed by atoms with Gasteiger partial charge in [0.25, 0.3) is 0 Å². The van der Waals surface area contributed by atoms with Crippen LogP contribution < -0.4 is 0 Å². The van der Waals surface area contributed by atoms with Gasteiger partial charge in [0.2, 0.25) is 0 Å². The second kappa shape index (κ2) is 6.61. The van der Waals surface area contributed by atoms with Crippen LogP contribution in [0.4, 0.5) is 0 Å². The first-order valence-corrected chi connectivity index (χ1v) is 9.02. The van der Waals surface area contributed by atoms with E-state index in [0.29, 0.717) is 5.33 Å². The van der Waals surface area contributed by atoms with Gasteiger partial charge in [-0.15, -0.1) is 0 Å². The minimum Gasteiger partial charge on any atom is -0.293 e. The van der Waals surface area contributed by atoms with E-state index in [0.717, 1.165) is 20.3 Å². The zero-order chi connectivity index (χ0) is 15.6. The molecule has 0 spiro atoms. The van der Waals surface area contributed by atoms with Crippen LogP contribution in [0.25, 0.3) is 11.1 Å². The molecule has 0 bridgehead atoms. The number of hydrogen-bond acceptors (Lipinski definition) is 1. The van der Waals surface area contributed by atoms with Gasteiger partial charge in [0.05, 0.1) is 5.33 Å². The molecule has 0 radical (unpaired) electrons. The van der Waals surface area contributed by atoms with Crippen LogP contribution in [0.3, 0.4) is 0 Å². The van der Waals surface area contributed by atoms with Gasteiger partial charge in [0.1, 0.15) is 0 Å². The minimum absolute atomic E-state index is 0.111. The Bertz CT molecular complexity index is 671. The Morgan fingerprint density at radius 1 is 1.14 bits per heavy atom. The monoisotopic (exact) mass is 456 g/mol. The summed E-state index contributed by atoms with van der Waals surface area (Å²) in [4.78, 5) is 11.9. The Morgan fingerprint density at radius 2 is 1.86 bits per heavy atom. The third-order valence-corrected chi connectivity index (χ3v) is 4.90. The smallest absolute Gasteiger partial charge is 0.173 e. The molecular weight excluding hydrogens is 439 g/mol. The largest absolute Gasteiger partial charge is 0.293 e. The maximum Gasteiger partial charge on any atom is 0.173 e. The number of carbonyl (C=O) groups is 1. The molecule has 0 aromatic heterocycles. The van der Waals surface area contributed by atoms with Crippen LogP contribution in [-0.2, 0) is 5.41 Å². The summed E-state index contributed by atoms with van der Waals surface area (Å²) in [6, 6.07) is 14.5. The van der Waals surface area contributed by atoms with E-state index in [-0.39, 0.29) is 11.2 Å². The van der Waals surface area contributed by atoms with Crippen LogP contribution >= 0.6 is 38.5 Å². The molecule has 0 aliphatic carbocycles. The highest BCUT2D eigenvalue weighted by atomic mass is 127. The van der Waals surface area contributed by atoms with Crippen molar-refractivity contribution in [1.29, 1.82) is 0 Å². The third kappa shape index (κ3) is 3.95. The lowest BCUT2D eigenvalue weighted by Crippen LogP contribution is -2.10. The van der Waals surface area contributed by atoms with Crippen molar-refractivity contribution in [3.63, 3.8) is 0 Å². The minimum atomic E-state index is 0.111. The molecule has 1 nitrogen and oxygen atoms in total.